The Bertz CT molecular complexity index is 1010. The molecule has 3 aromatic carbocycles. The number of hydrogen-bond donors (Lipinski definition) is 1. The molecule has 4 nitrogen and oxygen atoms in total. The first-order chi connectivity index (χ1) is 15.2. The fourth-order valence-electron chi connectivity index (χ4n) is 3.96. The van der Waals surface area contributed by atoms with Crippen LogP contribution < -0.4 is 10.1 Å². The SMILES string of the molecule is Cc1c(COc2cccc(COC(=O)C3CCCCN3)c2)cccc1-c1ccccc1. The minimum absolute atomic E-state index is 0.167. The van der Waals surface area contributed by atoms with E-state index in [-0.39, 0.29) is 18.6 Å². The molecule has 0 aromatic heterocycles. The summed E-state index contributed by atoms with van der Waals surface area (Å²) in [6.07, 6.45) is 3.04. The van der Waals surface area contributed by atoms with Gasteiger partial charge in [0.15, 0.2) is 0 Å². The van der Waals surface area contributed by atoms with Gasteiger partial charge in [-0.25, -0.2) is 0 Å². The fourth-order valence-corrected chi connectivity index (χ4v) is 3.96. The molecule has 1 unspecified atom stereocenters. The summed E-state index contributed by atoms with van der Waals surface area (Å²) >= 11 is 0. The van der Waals surface area contributed by atoms with Gasteiger partial charge in [0.25, 0.3) is 0 Å². The lowest BCUT2D eigenvalue weighted by Gasteiger charge is -2.21. The molecule has 1 fully saturated rings. The van der Waals surface area contributed by atoms with E-state index in [4.69, 9.17) is 9.47 Å². The Kier molecular flexibility index (Phi) is 7.00. The maximum atomic E-state index is 12.2. The third-order valence-corrected chi connectivity index (χ3v) is 5.80. The van der Waals surface area contributed by atoms with Crippen molar-refractivity contribution in [3.05, 3.63) is 89.5 Å². The van der Waals surface area contributed by atoms with Crippen molar-refractivity contribution < 1.29 is 14.3 Å². The first-order valence-corrected chi connectivity index (χ1v) is 11.0. The molecule has 1 atom stereocenters. The van der Waals surface area contributed by atoms with Crippen LogP contribution in [0, 0.1) is 6.92 Å². The molecule has 1 N–H and O–H groups in total. The smallest absolute Gasteiger partial charge is 0.323 e. The highest BCUT2D eigenvalue weighted by Gasteiger charge is 2.21. The van der Waals surface area contributed by atoms with Crippen molar-refractivity contribution in [1.82, 2.24) is 5.32 Å². The minimum Gasteiger partial charge on any atom is -0.489 e. The van der Waals surface area contributed by atoms with Gasteiger partial charge in [0.2, 0.25) is 0 Å². The van der Waals surface area contributed by atoms with Crippen molar-refractivity contribution >= 4 is 5.97 Å². The van der Waals surface area contributed by atoms with Crippen LogP contribution >= 0.6 is 0 Å². The predicted octanol–water partition coefficient (Wildman–Crippen LogP) is 5.43. The molecule has 31 heavy (non-hydrogen) atoms. The summed E-state index contributed by atoms with van der Waals surface area (Å²) in [5, 5.41) is 3.23. The van der Waals surface area contributed by atoms with Crippen LogP contribution in [0.4, 0.5) is 0 Å². The standard InChI is InChI=1S/C27H29NO3/c1-20-23(12-8-14-25(20)22-10-3-2-4-11-22)19-30-24-13-7-9-21(17-24)18-31-27(29)26-15-5-6-16-28-26/h2-4,7-14,17,26,28H,5-6,15-16,18-19H2,1H3. The molecule has 0 aliphatic carbocycles. The highest BCUT2D eigenvalue weighted by molar-refractivity contribution is 5.75. The molecular weight excluding hydrogens is 386 g/mol. The molecule has 1 aliphatic rings. The van der Waals surface area contributed by atoms with Crippen molar-refractivity contribution in [3.63, 3.8) is 0 Å². The van der Waals surface area contributed by atoms with Crippen molar-refractivity contribution in [3.8, 4) is 16.9 Å². The molecule has 0 radical (unpaired) electrons. The summed E-state index contributed by atoms with van der Waals surface area (Å²) in [6.45, 7) is 3.77. The average Bonchev–Trinajstić information content (AvgIpc) is 2.83. The van der Waals surface area contributed by atoms with Gasteiger partial charge in [-0.05, 0) is 66.3 Å². The number of esters is 1. The third-order valence-electron chi connectivity index (χ3n) is 5.80. The molecule has 4 heteroatoms. The van der Waals surface area contributed by atoms with Crippen LogP contribution in [0.1, 0.15) is 36.0 Å². The molecule has 160 valence electrons. The van der Waals surface area contributed by atoms with Gasteiger partial charge in [-0.15, -0.1) is 0 Å². The molecular formula is C27H29NO3. The van der Waals surface area contributed by atoms with Crippen LogP contribution in [0.25, 0.3) is 11.1 Å². The molecule has 3 aromatic rings. The predicted molar refractivity (Wildman–Crippen MR) is 123 cm³/mol. The first kappa shape index (κ1) is 21.1. The van der Waals surface area contributed by atoms with Gasteiger partial charge in [0, 0.05) is 0 Å². The molecule has 4 rings (SSSR count). The summed E-state index contributed by atoms with van der Waals surface area (Å²) in [6, 6.07) is 24.3. The summed E-state index contributed by atoms with van der Waals surface area (Å²) in [5.74, 6) is 0.605. The fraction of sp³-hybridized carbons (Fsp3) is 0.296. The zero-order valence-electron chi connectivity index (χ0n) is 18.0. The Labute approximate surface area is 184 Å². The van der Waals surface area contributed by atoms with E-state index in [0.717, 1.165) is 42.7 Å². The highest BCUT2D eigenvalue weighted by atomic mass is 16.5. The summed E-state index contributed by atoms with van der Waals surface area (Å²) in [7, 11) is 0. The van der Waals surface area contributed by atoms with Crippen molar-refractivity contribution in [2.45, 2.75) is 45.4 Å². The quantitative estimate of drug-likeness (QED) is 0.523. The van der Waals surface area contributed by atoms with E-state index in [1.807, 2.05) is 30.3 Å². The Morgan fingerprint density at radius 3 is 2.61 bits per heavy atom. The van der Waals surface area contributed by atoms with Gasteiger partial charge in [-0.2, -0.15) is 0 Å². The number of hydrogen-bond acceptors (Lipinski definition) is 4. The third kappa shape index (κ3) is 5.53. The second-order valence-corrected chi connectivity index (χ2v) is 8.00. The number of ether oxygens (including phenoxy) is 2. The number of carbonyl (C=O) groups is 1. The monoisotopic (exact) mass is 415 g/mol. The Hall–Kier alpha value is -3.11. The molecule has 1 heterocycles. The zero-order chi connectivity index (χ0) is 21.5. The van der Waals surface area contributed by atoms with E-state index < -0.39 is 0 Å². The molecule has 0 bridgehead atoms. The van der Waals surface area contributed by atoms with Crippen molar-refractivity contribution in [2.24, 2.45) is 0 Å². The average molecular weight is 416 g/mol. The topological polar surface area (TPSA) is 47.6 Å². The zero-order valence-corrected chi connectivity index (χ0v) is 18.0. The van der Waals surface area contributed by atoms with Gasteiger partial charge in [0.1, 0.15) is 25.0 Å². The van der Waals surface area contributed by atoms with Gasteiger partial charge >= 0.3 is 5.97 Å². The second kappa shape index (κ2) is 10.3. The number of carbonyl (C=O) groups excluding carboxylic acids is 1. The maximum absolute atomic E-state index is 12.2. The van der Waals surface area contributed by atoms with Crippen LogP contribution in [0.3, 0.4) is 0 Å². The normalized spacial score (nSPS) is 16.0. The van der Waals surface area contributed by atoms with Gasteiger partial charge in [-0.1, -0.05) is 67.1 Å². The number of piperidine rings is 1. The Morgan fingerprint density at radius 1 is 0.968 bits per heavy atom. The van der Waals surface area contributed by atoms with E-state index in [1.165, 1.54) is 16.7 Å². The Morgan fingerprint density at radius 2 is 1.81 bits per heavy atom. The summed E-state index contributed by atoms with van der Waals surface area (Å²) in [5.41, 5.74) is 5.73. The van der Waals surface area contributed by atoms with E-state index in [0.29, 0.717) is 6.61 Å². The van der Waals surface area contributed by atoms with Crippen molar-refractivity contribution in [2.75, 3.05) is 6.54 Å². The van der Waals surface area contributed by atoms with E-state index in [1.54, 1.807) is 0 Å². The lowest BCUT2D eigenvalue weighted by molar-refractivity contribution is -0.148. The largest absolute Gasteiger partial charge is 0.489 e. The molecule has 1 saturated heterocycles. The number of benzene rings is 3. The highest BCUT2D eigenvalue weighted by Crippen LogP contribution is 2.26. The molecule has 0 spiro atoms. The van der Waals surface area contributed by atoms with Crippen LogP contribution in [0.5, 0.6) is 5.75 Å². The maximum Gasteiger partial charge on any atom is 0.323 e. The van der Waals surface area contributed by atoms with Crippen LogP contribution in [0.2, 0.25) is 0 Å². The number of rotatable bonds is 7. The van der Waals surface area contributed by atoms with Crippen LogP contribution in [0.15, 0.2) is 72.8 Å². The minimum atomic E-state index is -0.173. The molecule has 1 aliphatic heterocycles. The van der Waals surface area contributed by atoms with Crippen LogP contribution in [-0.4, -0.2) is 18.6 Å². The summed E-state index contributed by atoms with van der Waals surface area (Å²) < 4.78 is 11.6. The van der Waals surface area contributed by atoms with Gasteiger partial charge in [0.05, 0.1) is 0 Å². The molecule has 0 saturated carbocycles. The van der Waals surface area contributed by atoms with E-state index >= 15 is 0 Å². The van der Waals surface area contributed by atoms with E-state index in [9.17, 15) is 4.79 Å². The van der Waals surface area contributed by atoms with Gasteiger partial charge < -0.3 is 14.8 Å². The number of nitrogens with one attached hydrogen (secondary N) is 1. The second-order valence-electron chi connectivity index (χ2n) is 8.00. The van der Waals surface area contributed by atoms with Gasteiger partial charge in [-0.3, -0.25) is 4.79 Å². The Balaban J connectivity index is 1.37. The molecule has 0 amide bonds. The summed E-state index contributed by atoms with van der Waals surface area (Å²) in [4.78, 5) is 12.2. The van der Waals surface area contributed by atoms with Crippen molar-refractivity contribution in [1.29, 1.82) is 0 Å². The van der Waals surface area contributed by atoms with Crippen LogP contribution in [-0.2, 0) is 22.7 Å². The first-order valence-electron chi connectivity index (χ1n) is 11.0. The van der Waals surface area contributed by atoms with E-state index in [2.05, 4.69) is 54.7 Å². The lowest BCUT2D eigenvalue weighted by atomic mass is 9.97. The lowest BCUT2D eigenvalue weighted by Crippen LogP contribution is -2.41.